The Labute approximate surface area is 220 Å². The van der Waals surface area contributed by atoms with Gasteiger partial charge in [0.2, 0.25) is 0 Å². The summed E-state index contributed by atoms with van der Waals surface area (Å²) in [5, 5.41) is 4.34. The van der Waals surface area contributed by atoms with Gasteiger partial charge in [-0.25, -0.2) is 0 Å². The lowest BCUT2D eigenvalue weighted by Crippen LogP contribution is -2.50. The van der Waals surface area contributed by atoms with Crippen LogP contribution in [-0.2, 0) is 9.59 Å². The molecule has 172 valence electrons. The maximum atomic E-state index is 12.1. The van der Waals surface area contributed by atoms with Gasteiger partial charge in [0.1, 0.15) is 11.5 Å². The third-order valence-electron chi connectivity index (χ3n) is 4.31. The van der Waals surface area contributed by atoms with Crippen LogP contribution in [-0.4, -0.2) is 30.1 Å². The van der Waals surface area contributed by atoms with Gasteiger partial charge < -0.3 is 9.47 Å². The van der Waals surface area contributed by atoms with Crippen LogP contribution in [0, 0.1) is 6.92 Å². The molecule has 33 heavy (non-hydrogen) atoms. The number of ether oxygens (including phenoxy) is 2. The molecule has 0 atom stereocenters. The molecule has 0 heterocycles. The number of halogens is 3. The van der Waals surface area contributed by atoms with Crippen molar-refractivity contribution in [3.63, 3.8) is 0 Å². The molecule has 0 spiro atoms. The number of thiocarbonyl (C=S) groups is 1. The van der Waals surface area contributed by atoms with Crippen LogP contribution in [0.1, 0.15) is 5.56 Å². The van der Waals surface area contributed by atoms with E-state index in [1.807, 2.05) is 43.3 Å². The molecule has 0 radical (unpaired) electrons. The Bertz CT molecular complexity index is 1220. The van der Waals surface area contributed by atoms with Gasteiger partial charge >= 0.3 is 0 Å². The highest BCUT2D eigenvalue weighted by atomic mass is 79.9. The Hall–Kier alpha value is -2.21. The number of hydrogen-bond donors (Lipinski definition) is 3. The summed E-state index contributed by atoms with van der Waals surface area (Å²) in [5.41, 5.74) is 5.80. The van der Waals surface area contributed by atoms with E-state index < -0.39 is 11.8 Å². The largest absolute Gasteiger partial charge is 0.484 e. The van der Waals surface area contributed by atoms with E-state index in [9.17, 15) is 9.59 Å². The molecule has 3 aromatic rings. The average molecular weight is 660 g/mol. The smallest absolute Gasteiger partial charge is 0.276 e. The van der Waals surface area contributed by atoms with Gasteiger partial charge in [0, 0.05) is 8.95 Å². The lowest BCUT2D eigenvalue weighted by atomic mass is 10.1. The molecule has 0 bridgehead atoms. The minimum absolute atomic E-state index is 0.0705. The Morgan fingerprint density at radius 2 is 1.67 bits per heavy atom. The number of aryl methyl sites for hydroxylation is 1. The van der Waals surface area contributed by atoms with Crippen LogP contribution in [0.2, 0.25) is 0 Å². The predicted molar refractivity (Wildman–Crippen MR) is 141 cm³/mol. The molecule has 0 aliphatic carbocycles. The molecule has 2 amide bonds. The molecule has 0 fully saturated rings. The number of hydrogen-bond acceptors (Lipinski definition) is 5. The van der Waals surface area contributed by atoms with Crippen molar-refractivity contribution in [3.8, 4) is 11.5 Å². The second kappa shape index (κ2) is 11.8. The zero-order chi connectivity index (χ0) is 24.0. The molecule has 0 aromatic heterocycles. The molecule has 7 nitrogen and oxygen atoms in total. The van der Waals surface area contributed by atoms with E-state index in [0.717, 1.165) is 29.8 Å². The fourth-order valence-electron chi connectivity index (χ4n) is 2.71. The Kier molecular flexibility index (Phi) is 9.07. The van der Waals surface area contributed by atoms with Crippen molar-refractivity contribution in [1.29, 1.82) is 0 Å². The summed E-state index contributed by atoms with van der Waals surface area (Å²) in [6.45, 7) is 1.43. The first-order chi connectivity index (χ1) is 15.7. The summed E-state index contributed by atoms with van der Waals surface area (Å²) in [7, 11) is 0. The van der Waals surface area contributed by atoms with E-state index in [0.29, 0.717) is 11.5 Å². The first kappa shape index (κ1) is 25.4. The molecule has 3 rings (SSSR count). The van der Waals surface area contributed by atoms with E-state index in [2.05, 4.69) is 64.0 Å². The average Bonchev–Trinajstić information content (AvgIpc) is 2.78. The summed E-state index contributed by atoms with van der Waals surface area (Å²) in [6, 6.07) is 14.9. The molecular weight excluding hydrogens is 642 g/mol. The molecule has 3 aromatic carbocycles. The molecular formula is C22H18Br3N3O4S. The minimum Gasteiger partial charge on any atom is -0.484 e. The van der Waals surface area contributed by atoms with E-state index in [1.54, 1.807) is 12.1 Å². The zero-order valence-electron chi connectivity index (χ0n) is 17.2. The van der Waals surface area contributed by atoms with Gasteiger partial charge in [0.15, 0.2) is 18.3 Å². The Balaban J connectivity index is 1.41. The molecule has 3 N–H and O–H groups in total. The Morgan fingerprint density at radius 3 is 2.42 bits per heavy atom. The van der Waals surface area contributed by atoms with Gasteiger partial charge in [0.25, 0.3) is 11.8 Å². The van der Waals surface area contributed by atoms with Crippen LogP contribution in [0.3, 0.4) is 0 Å². The summed E-state index contributed by atoms with van der Waals surface area (Å²) in [4.78, 5) is 24.1. The number of carbonyl (C=O) groups is 2. The number of hydrazine groups is 1. The fraction of sp³-hybridized carbons (Fsp3) is 0.136. The second-order valence-electron chi connectivity index (χ2n) is 6.78. The summed E-state index contributed by atoms with van der Waals surface area (Å²) in [5.74, 6) is 0.139. The predicted octanol–water partition coefficient (Wildman–Crippen LogP) is 4.92. The van der Waals surface area contributed by atoms with Crippen molar-refractivity contribution in [2.24, 2.45) is 0 Å². The van der Waals surface area contributed by atoms with Crippen LogP contribution in [0.5, 0.6) is 11.5 Å². The lowest BCUT2D eigenvalue weighted by molar-refractivity contribution is -0.124. The second-order valence-corrected chi connectivity index (χ2v) is 9.75. The van der Waals surface area contributed by atoms with Gasteiger partial charge in [0.05, 0.1) is 4.47 Å². The van der Waals surface area contributed by atoms with Crippen molar-refractivity contribution in [3.05, 3.63) is 67.5 Å². The van der Waals surface area contributed by atoms with Crippen molar-refractivity contribution >= 4 is 87.7 Å². The molecule has 11 heteroatoms. The third kappa shape index (κ3) is 7.39. The van der Waals surface area contributed by atoms with Crippen LogP contribution in [0.15, 0.2) is 61.9 Å². The fourth-order valence-corrected chi connectivity index (χ4v) is 4.11. The maximum absolute atomic E-state index is 12.1. The topological polar surface area (TPSA) is 88.7 Å². The standard InChI is InChI=1S/C22H18Br3N3O4S/c1-12-8-15(4-6-17(12)24)31-11-20(30)27-28-22(33)26-19(29)10-32-18-7-2-13-9-14(23)3-5-16(13)21(18)25/h2-9H,10-11H2,1H3,(H,27,30)(H2,26,28,29,33). The molecule has 0 aliphatic heterocycles. The van der Waals surface area contributed by atoms with Gasteiger partial charge in [-0.2, -0.15) is 0 Å². The zero-order valence-corrected chi connectivity index (χ0v) is 22.8. The summed E-state index contributed by atoms with van der Waals surface area (Å²) < 4.78 is 13.7. The first-order valence-corrected chi connectivity index (χ1v) is 12.3. The van der Waals surface area contributed by atoms with Crippen LogP contribution < -0.4 is 25.6 Å². The number of rotatable bonds is 6. The van der Waals surface area contributed by atoms with E-state index in [1.165, 1.54) is 0 Å². The number of benzene rings is 3. The van der Waals surface area contributed by atoms with Crippen molar-refractivity contribution < 1.29 is 19.1 Å². The lowest BCUT2D eigenvalue weighted by Gasteiger charge is -2.13. The summed E-state index contributed by atoms with van der Waals surface area (Å²) >= 11 is 15.4. The van der Waals surface area contributed by atoms with Crippen molar-refractivity contribution in [1.82, 2.24) is 16.2 Å². The van der Waals surface area contributed by atoms with Crippen LogP contribution in [0.25, 0.3) is 10.8 Å². The van der Waals surface area contributed by atoms with Crippen LogP contribution >= 0.6 is 60.0 Å². The molecule has 0 saturated heterocycles. The number of fused-ring (bicyclic) bond motifs is 1. The summed E-state index contributed by atoms with van der Waals surface area (Å²) in [6.07, 6.45) is 0. The van der Waals surface area contributed by atoms with Gasteiger partial charge in [-0.1, -0.05) is 44.0 Å². The minimum atomic E-state index is -0.480. The van der Waals surface area contributed by atoms with E-state index in [-0.39, 0.29) is 18.3 Å². The number of nitrogens with one attached hydrogen (secondary N) is 3. The highest BCUT2D eigenvalue weighted by molar-refractivity contribution is 9.11. The van der Waals surface area contributed by atoms with Gasteiger partial charge in [-0.15, -0.1) is 0 Å². The van der Waals surface area contributed by atoms with E-state index >= 15 is 0 Å². The van der Waals surface area contributed by atoms with Gasteiger partial charge in [-0.05, 0) is 87.8 Å². The normalized spacial score (nSPS) is 10.4. The first-order valence-electron chi connectivity index (χ1n) is 9.51. The Morgan fingerprint density at radius 1 is 0.909 bits per heavy atom. The molecule has 0 saturated carbocycles. The highest BCUT2D eigenvalue weighted by Gasteiger charge is 2.11. The number of amides is 2. The third-order valence-corrected chi connectivity index (χ3v) is 6.71. The quantitative estimate of drug-likeness (QED) is 0.258. The van der Waals surface area contributed by atoms with E-state index in [4.69, 9.17) is 21.7 Å². The maximum Gasteiger partial charge on any atom is 0.276 e. The van der Waals surface area contributed by atoms with Crippen LogP contribution in [0.4, 0.5) is 0 Å². The van der Waals surface area contributed by atoms with Crippen molar-refractivity contribution in [2.75, 3.05) is 13.2 Å². The molecule has 0 unspecified atom stereocenters. The molecule has 0 aliphatic rings. The SMILES string of the molecule is Cc1cc(OCC(=O)NNC(=S)NC(=O)COc2ccc3cc(Br)ccc3c2Br)ccc1Br. The highest BCUT2D eigenvalue weighted by Crippen LogP contribution is 2.34. The van der Waals surface area contributed by atoms with Gasteiger partial charge in [-0.3, -0.25) is 25.8 Å². The number of carbonyl (C=O) groups excluding carboxylic acids is 2. The monoisotopic (exact) mass is 657 g/mol. The van der Waals surface area contributed by atoms with Crippen molar-refractivity contribution in [2.45, 2.75) is 6.92 Å².